The van der Waals surface area contributed by atoms with E-state index in [0.717, 1.165) is 31.4 Å². The van der Waals surface area contributed by atoms with Crippen LogP contribution >= 0.6 is 0 Å². The summed E-state index contributed by atoms with van der Waals surface area (Å²) in [5.74, 6) is 0. The van der Waals surface area contributed by atoms with Crippen LogP contribution in [0.5, 0.6) is 0 Å². The second-order valence-electron chi connectivity index (χ2n) is 3.98. The molecule has 0 bridgehead atoms. The van der Waals surface area contributed by atoms with Crippen LogP contribution in [0.15, 0.2) is 17.1 Å². The molecule has 0 saturated heterocycles. The number of aliphatic hydroxyl groups is 1. The molecule has 0 aromatic carbocycles. The van der Waals surface area contributed by atoms with Crippen LogP contribution in [0, 0.1) is 0 Å². The number of aromatic amines is 1. The molecule has 0 unspecified atom stereocenters. The zero-order chi connectivity index (χ0) is 10.7. The normalized spacial score (nSPS) is 26.2. The van der Waals surface area contributed by atoms with Gasteiger partial charge in [0.25, 0.3) is 5.56 Å². The Morgan fingerprint density at radius 1 is 1.40 bits per heavy atom. The number of aliphatic hydroxyl groups excluding tert-OH is 1. The lowest BCUT2D eigenvalue weighted by Crippen LogP contribution is -2.28. The highest BCUT2D eigenvalue weighted by atomic mass is 16.3. The van der Waals surface area contributed by atoms with E-state index in [9.17, 15) is 9.90 Å². The molecule has 1 saturated carbocycles. The highest BCUT2D eigenvalue weighted by molar-refractivity contribution is 5.39. The van der Waals surface area contributed by atoms with Crippen molar-refractivity contribution in [3.05, 3.63) is 22.6 Å². The van der Waals surface area contributed by atoms with Crippen molar-refractivity contribution in [1.29, 1.82) is 0 Å². The lowest BCUT2D eigenvalue weighted by molar-refractivity contribution is 0.126. The quantitative estimate of drug-likeness (QED) is 0.662. The van der Waals surface area contributed by atoms with Crippen LogP contribution in [0.1, 0.15) is 25.7 Å². The Morgan fingerprint density at radius 3 is 2.80 bits per heavy atom. The molecule has 82 valence electrons. The summed E-state index contributed by atoms with van der Waals surface area (Å²) >= 11 is 0. The Morgan fingerprint density at radius 2 is 2.13 bits per heavy atom. The summed E-state index contributed by atoms with van der Waals surface area (Å²) in [6.45, 7) is 0. The van der Waals surface area contributed by atoms with Gasteiger partial charge in [-0.05, 0) is 25.7 Å². The van der Waals surface area contributed by atoms with E-state index >= 15 is 0 Å². The fraction of sp³-hybridized carbons (Fsp3) is 0.600. The van der Waals surface area contributed by atoms with Crippen molar-refractivity contribution in [1.82, 2.24) is 10.2 Å². The average molecular weight is 209 g/mol. The molecular weight excluding hydrogens is 194 g/mol. The second-order valence-corrected chi connectivity index (χ2v) is 3.98. The van der Waals surface area contributed by atoms with Crippen molar-refractivity contribution >= 4 is 5.69 Å². The standard InChI is InChI=1S/C10H15N3O2/c14-9-3-1-7(2-4-9)12-8-5-10(15)13-11-6-8/h5-7,9,14H,1-4H2,(H2,12,13,15). The van der Waals surface area contributed by atoms with Crippen molar-refractivity contribution in [2.45, 2.75) is 37.8 Å². The Bertz CT molecular complexity index is 369. The molecule has 1 fully saturated rings. The molecule has 1 aromatic rings. The van der Waals surface area contributed by atoms with E-state index in [-0.39, 0.29) is 11.7 Å². The van der Waals surface area contributed by atoms with Crippen LogP contribution in [0.4, 0.5) is 5.69 Å². The van der Waals surface area contributed by atoms with Gasteiger partial charge in [0.15, 0.2) is 0 Å². The third kappa shape index (κ3) is 2.79. The first-order valence-corrected chi connectivity index (χ1v) is 5.23. The maximum atomic E-state index is 11.0. The molecule has 3 N–H and O–H groups in total. The van der Waals surface area contributed by atoms with Crippen molar-refractivity contribution in [2.75, 3.05) is 5.32 Å². The van der Waals surface area contributed by atoms with Crippen molar-refractivity contribution < 1.29 is 5.11 Å². The minimum Gasteiger partial charge on any atom is -0.393 e. The van der Waals surface area contributed by atoms with Crippen molar-refractivity contribution in [2.24, 2.45) is 0 Å². The molecular formula is C10H15N3O2. The SMILES string of the molecule is O=c1cc(NC2CCC(O)CC2)cn[nH]1. The monoisotopic (exact) mass is 209 g/mol. The van der Waals surface area contributed by atoms with Crippen LogP contribution < -0.4 is 10.9 Å². The molecule has 1 aromatic heterocycles. The predicted octanol–water partition coefficient (Wildman–Crippen LogP) is 0.485. The van der Waals surface area contributed by atoms with Crippen LogP contribution in [0.2, 0.25) is 0 Å². The van der Waals surface area contributed by atoms with Gasteiger partial charge in [0.1, 0.15) is 0 Å². The molecule has 1 aliphatic rings. The Labute approximate surface area is 87.5 Å². The van der Waals surface area contributed by atoms with Crippen molar-refractivity contribution in [3.63, 3.8) is 0 Å². The van der Waals surface area contributed by atoms with Gasteiger partial charge in [-0.15, -0.1) is 0 Å². The van der Waals surface area contributed by atoms with Gasteiger partial charge in [0, 0.05) is 12.1 Å². The number of aromatic nitrogens is 2. The van der Waals surface area contributed by atoms with Crippen LogP contribution in [0.25, 0.3) is 0 Å². The average Bonchev–Trinajstić information content (AvgIpc) is 2.22. The molecule has 0 spiro atoms. The van der Waals surface area contributed by atoms with Gasteiger partial charge in [-0.2, -0.15) is 5.10 Å². The van der Waals surface area contributed by atoms with Crippen LogP contribution in [0.3, 0.4) is 0 Å². The van der Waals surface area contributed by atoms with E-state index in [4.69, 9.17) is 0 Å². The smallest absolute Gasteiger partial charge is 0.266 e. The summed E-state index contributed by atoms with van der Waals surface area (Å²) < 4.78 is 0. The summed E-state index contributed by atoms with van der Waals surface area (Å²) in [6, 6.07) is 1.84. The third-order valence-electron chi connectivity index (χ3n) is 2.73. The maximum Gasteiger partial charge on any atom is 0.266 e. The first-order valence-electron chi connectivity index (χ1n) is 5.23. The zero-order valence-corrected chi connectivity index (χ0v) is 8.44. The topological polar surface area (TPSA) is 78.0 Å². The van der Waals surface area contributed by atoms with E-state index in [1.54, 1.807) is 6.20 Å². The van der Waals surface area contributed by atoms with E-state index in [1.807, 2.05) is 0 Å². The maximum absolute atomic E-state index is 11.0. The third-order valence-corrected chi connectivity index (χ3v) is 2.73. The molecule has 0 aliphatic heterocycles. The number of anilines is 1. The highest BCUT2D eigenvalue weighted by Gasteiger charge is 2.18. The summed E-state index contributed by atoms with van der Waals surface area (Å²) in [4.78, 5) is 11.0. The summed E-state index contributed by atoms with van der Waals surface area (Å²) in [5.41, 5.74) is 0.552. The fourth-order valence-electron chi connectivity index (χ4n) is 1.91. The number of nitrogens with one attached hydrogen (secondary N) is 2. The van der Waals surface area contributed by atoms with E-state index in [1.165, 1.54) is 6.07 Å². The number of hydrogen-bond donors (Lipinski definition) is 3. The lowest BCUT2D eigenvalue weighted by atomic mass is 9.93. The molecule has 0 amide bonds. The first-order chi connectivity index (χ1) is 7.24. The first kappa shape index (κ1) is 10.2. The molecule has 1 heterocycles. The van der Waals surface area contributed by atoms with Gasteiger partial charge in [-0.3, -0.25) is 4.79 Å². The molecule has 5 nitrogen and oxygen atoms in total. The fourth-order valence-corrected chi connectivity index (χ4v) is 1.91. The van der Waals surface area contributed by atoms with E-state index in [2.05, 4.69) is 15.5 Å². The van der Waals surface area contributed by atoms with Gasteiger partial charge in [-0.25, -0.2) is 5.10 Å². The summed E-state index contributed by atoms with van der Waals surface area (Å²) in [7, 11) is 0. The second kappa shape index (κ2) is 4.44. The summed E-state index contributed by atoms with van der Waals surface area (Å²) in [5, 5.41) is 18.6. The Kier molecular flexibility index (Phi) is 3.01. The minimum absolute atomic E-state index is 0.152. The van der Waals surface area contributed by atoms with Crippen LogP contribution in [-0.2, 0) is 0 Å². The summed E-state index contributed by atoms with van der Waals surface area (Å²) in [6.07, 6.45) is 4.98. The minimum atomic E-state index is -0.198. The van der Waals surface area contributed by atoms with Gasteiger partial charge < -0.3 is 10.4 Å². The van der Waals surface area contributed by atoms with Crippen LogP contribution in [-0.4, -0.2) is 27.4 Å². The molecule has 2 rings (SSSR count). The molecule has 5 heteroatoms. The molecule has 0 atom stereocenters. The predicted molar refractivity (Wildman–Crippen MR) is 56.7 cm³/mol. The van der Waals surface area contributed by atoms with Gasteiger partial charge in [0.05, 0.1) is 18.0 Å². The molecule has 0 radical (unpaired) electrons. The lowest BCUT2D eigenvalue weighted by Gasteiger charge is -2.26. The number of rotatable bonds is 2. The van der Waals surface area contributed by atoms with E-state index in [0.29, 0.717) is 6.04 Å². The number of hydrogen-bond acceptors (Lipinski definition) is 4. The van der Waals surface area contributed by atoms with E-state index < -0.39 is 0 Å². The largest absolute Gasteiger partial charge is 0.393 e. The number of H-pyrrole nitrogens is 1. The van der Waals surface area contributed by atoms with Gasteiger partial charge >= 0.3 is 0 Å². The highest BCUT2D eigenvalue weighted by Crippen LogP contribution is 2.21. The van der Waals surface area contributed by atoms with Gasteiger partial charge in [-0.1, -0.05) is 0 Å². The molecule has 1 aliphatic carbocycles. The number of nitrogens with zero attached hydrogens (tertiary/aromatic N) is 1. The zero-order valence-electron chi connectivity index (χ0n) is 8.44. The van der Waals surface area contributed by atoms with Gasteiger partial charge in [0.2, 0.25) is 0 Å². The Hall–Kier alpha value is -1.36. The van der Waals surface area contributed by atoms with Crippen molar-refractivity contribution in [3.8, 4) is 0 Å². The molecule has 15 heavy (non-hydrogen) atoms. The Balaban J connectivity index is 1.94.